The molecule has 4 rings (SSSR count). The molecule has 0 radical (unpaired) electrons. The monoisotopic (exact) mass is 279 g/mol. The van der Waals surface area contributed by atoms with Crippen molar-refractivity contribution in [2.75, 3.05) is 0 Å². The quantitative estimate of drug-likeness (QED) is 0.754. The summed E-state index contributed by atoms with van der Waals surface area (Å²) in [6.07, 6.45) is 7.58. The molecule has 0 aliphatic heterocycles. The van der Waals surface area contributed by atoms with Crippen molar-refractivity contribution >= 4 is 16.8 Å². The van der Waals surface area contributed by atoms with Gasteiger partial charge in [-0.25, -0.2) is 0 Å². The summed E-state index contributed by atoms with van der Waals surface area (Å²) in [7, 11) is 0. The lowest BCUT2D eigenvalue weighted by atomic mass is 9.94. The zero-order valence-corrected chi connectivity index (χ0v) is 11.2. The van der Waals surface area contributed by atoms with Crippen LogP contribution < -0.4 is 5.73 Å². The highest BCUT2D eigenvalue weighted by Crippen LogP contribution is 2.59. The highest BCUT2D eigenvalue weighted by molar-refractivity contribution is 5.93. The number of fused-ring (bicyclic) bond motifs is 1. The highest BCUT2D eigenvalue weighted by Gasteiger charge is 2.62. The fourth-order valence-electron chi connectivity index (χ4n) is 3.02. The first kappa shape index (κ1) is 12.0. The lowest BCUT2D eigenvalue weighted by Gasteiger charge is -2.13. The number of primary amides is 1. The van der Waals surface area contributed by atoms with Crippen LogP contribution in [-0.4, -0.2) is 26.1 Å². The van der Waals surface area contributed by atoms with E-state index in [1.165, 1.54) is 0 Å². The fourth-order valence-corrected chi connectivity index (χ4v) is 3.02. The maximum absolute atomic E-state index is 12.1. The Hall–Kier alpha value is -2.76. The molecule has 6 nitrogen and oxygen atoms in total. The summed E-state index contributed by atoms with van der Waals surface area (Å²) >= 11 is 0. The SMILES string of the molecule is NC(=O)C1(c2cc3cn[nH]c3cn2)CC1c1cccnc1. The molecule has 1 aliphatic rings. The normalized spacial score (nSPS) is 24.1. The van der Waals surface area contributed by atoms with Gasteiger partial charge in [0.1, 0.15) is 0 Å². The van der Waals surface area contributed by atoms with Crippen molar-refractivity contribution in [2.45, 2.75) is 17.8 Å². The Balaban J connectivity index is 1.81. The van der Waals surface area contributed by atoms with Crippen LogP contribution in [0.2, 0.25) is 0 Å². The smallest absolute Gasteiger partial charge is 0.230 e. The van der Waals surface area contributed by atoms with Crippen LogP contribution in [0.3, 0.4) is 0 Å². The molecule has 1 fully saturated rings. The molecule has 3 aromatic rings. The summed E-state index contributed by atoms with van der Waals surface area (Å²) < 4.78 is 0. The van der Waals surface area contributed by atoms with Gasteiger partial charge in [-0.3, -0.25) is 19.9 Å². The van der Waals surface area contributed by atoms with Crippen molar-refractivity contribution in [3.05, 3.63) is 54.2 Å². The van der Waals surface area contributed by atoms with E-state index in [1.54, 1.807) is 24.8 Å². The minimum atomic E-state index is -0.728. The summed E-state index contributed by atoms with van der Waals surface area (Å²) in [5, 5.41) is 7.76. The summed E-state index contributed by atoms with van der Waals surface area (Å²) in [6, 6.07) is 5.73. The molecule has 1 amide bonds. The van der Waals surface area contributed by atoms with Crippen LogP contribution in [0.1, 0.15) is 23.6 Å². The molecule has 0 spiro atoms. The lowest BCUT2D eigenvalue weighted by molar-refractivity contribution is -0.120. The number of amides is 1. The second-order valence-electron chi connectivity index (χ2n) is 5.41. The van der Waals surface area contributed by atoms with Gasteiger partial charge >= 0.3 is 0 Å². The van der Waals surface area contributed by atoms with Crippen LogP contribution in [0, 0.1) is 0 Å². The van der Waals surface area contributed by atoms with E-state index < -0.39 is 5.41 Å². The average Bonchev–Trinajstić information content (AvgIpc) is 3.11. The largest absolute Gasteiger partial charge is 0.369 e. The predicted molar refractivity (Wildman–Crippen MR) is 76.4 cm³/mol. The van der Waals surface area contributed by atoms with Crippen molar-refractivity contribution in [1.82, 2.24) is 20.2 Å². The Kier molecular flexibility index (Phi) is 2.35. The molecule has 3 aromatic heterocycles. The van der Waals surface area contributed by atoms with E-state index in [0.29, 0.717) is 12.1 Å². The number of aromatic amines is 1. The lowest BCUT2D eigenvalue weighted by Crippen LogP contribution is -2.31. The van der Waals surface area contributed by atoms with Gasteiger partial charge in [0.05, 0.1) is 29.0 Å². The van der Waals surface area contributed by atoms with E-state index in [4.69, 9.17) is 5.73 Å². The van der Waals surface area contributed by atoms with Gasteiger partial charge in [0, 0.05) is 23.7 Å². The van der Waals surface area contributed by atoms with Gasteiger partial charge in [-0.15, -0.1) is 0 Å². The molecule has 1 aliphatic carbocycles. The van der Waals surface area contributed by atoms with Crippen LogP contribution in [0.4, 0.5) is 0 Å². The maximum Gasteiger partial charge on any atom is 0.230 e. The van der Waals surface area contributed by atoms with Crippen molar-refractivity contribution in [3.8, 4) is 0 Å². The Morgan fingerprint density at radius 1 is 1.38 bits per heavy atom. The van der Waals surface area contributed by atoms with Gasteiger partial charge in [-0.2, -0.15) is 5.10 Å². The summed E-state index contributed by atoms with van der Waals surface area (Å²) in [5.41, 5.74) is 7.53. The van der Waals surface area contributed by atoms with Crippen LogP contribution in [-0.2, 0) is 10.2 Å². The molecular weight excluding hydrogens is 266 g/mol. The minimum Gasteiger partial charge on any atom is -0.369 e. The number of carbonyl (C=O) groups is 1. The number of carbonyl (C=O) groups excluding carboxylic acids is 1. The Bertz CT molecular complexity index is 828. The maximum atomic E-state index is 12.1. The van der Waals surface area contributed by atoms with Crippen LogP contribution >= 0.6 is 0 Å². The van der Waals surface area contributed by atoms with Crippen molar-refractivity contribution < 1.29 is 4.79 Å². The molecular formula is C15H13N5O. The molecule has 3 N–H and O–H groups in total. The fraction of sp³-hybridized carbons (Fsp3) is 0.200. The topological polar surface area (TPSA) is 97.6 Å². The van der Waals surface area contributed by atoms with E-state index >= 15 is 0 Å². The number of rotatable bonds is 3. The number of nitrogens with zero attached hydrogens (tertiary/aromatic N) is 3. The van der Waals surface area contributed by atoms with E-state index in [0.717, 1.165) is 16.5 Å². The molecule has 104 valence electrons. The first-order valence-corrected chi connectivity index (χ1v) is 6.71. The number of aromatic nitrogens is 4. The first-order valence-electron chi connectivity index (χ1n) is 6.71. The molecule has 2 atom stereocenters. The molecule has 2 unspecified atom stereocenters. The van der Waals surface area contributed by atoms with Crippen molar-refractivity contribution in [3.63, 3.8) is 0 Å². The second kappa shape index (κ2) is 4.12. The van der Waals surface area contributed by atoms with Gasteiger partial charge in [-0.1, -0.05) is 6.07 Å². The van der Waals surface area contributed by atoms with Gasteiger partial charge in [0.25, 0.3) is 0 Å². The zero-order valence-electron chi connectivity index (χ0n) is 11.2. The Labute approximate surface area is 120 Å². The summed E-state index contributed by atoms with van der Waals surface area (Å²) in [6.45, 7) is 0. The van der Waals surface area contributed by atoms with Crippen molar-refractivity contribution in [1.29, 1.82) is 0 Å². The third-order valence-corrected chi connectivity index (χ3v) is 4.27. The summed E-state index contributed by atoms with van der Waals surface area (Å²) in [5.74, 6) is -0.299. The standard InChI is InChI=1S/C15H13N5O/c16-14(21)15(5-11(15)9-2-1-3-17-6-9)13-4-10-7-19-20-12(10)8-18-13/h1-4,6-8,11H,5H2,(H2,16,21)(H,19,20). The minimum absolute atomic E-state index is 0.0422. The van der Waals surface area contributed by atoms with E-state index in [1.807, 2.05) is 18.2 Å². The van der Waals surface area contributed by atoms with E-state index in [-0.39, 0.29) is 11.8 Å². The average molecular weight is 279 g/mol. The zero-order chi connectivity index (χ0) is 14.4. The van der Waals surface area contributed by atoms with Crippen LogP contribution in [0.25, 0.3) is 10.9 Å². The third-order valence-electron chi connectivity index (χ3n) is 4.27. The molecule has 3 heterocycles. The number of H-pyrrole nitrogens is 1. The highest BCUT2D eigenvalue weighted by atomic mass is 16.1. The van der Waals surface area contributed by atoms with Gasteiger partial charge in [0.2, 0.25) is 5.91 Å². The molecule has 0 aromatic carbocycles. The van der Waals surface area contributed by atoms with Gasteiger partial charge in [0.15, 0.2) is 0 Å². The van der Waals surface area contributed by atoms with Gasteiger partial charge < -0.3 is 5.73 Å². The summed E-state index contributed by atoms with van der Waals surface area (Å²) in [4.78, 5) is 20.6. The number of nitrogens with one attached hydrogen (secondary N) is 1. The third kappa shape index (κ3) is 1.65. The number of pyridine rings is 2. The second-order valence-corrected chi connectivity index (χ2v) is 5.41. The number of hydrogen-bond donors (Lipinski definition) is 2. The van der Waals surface area contributed by atoms with Crippen LogP contribution in [0.5, 0.6) is 0 Å². The predicted octanol–water partition coefficient (Wildman–Crippen LogP) is 1.26. The molecule has 1 saturated carbocycles. The molecule has 0 saturated heterocycles. The Morgan fingerprint density at radius 2 is 2.29 bits per heavy atom. The molecule has 0 bridgehead atoms. The number of nitrogens with two attached hydrogens (primary N) is 1. The van der Waals surface area contributed by atoms with E-state index in [9.17, 15) is 4.79 Å². The first-order chi connectivity index (χ1) is 10.2. The molecule has 6 heteroatoms. The van der Waals surface area contributed by atoms with Crippen LogP contribution in [0.15, 0.2) is 43.0 Å². The van der Waals surface area contributed by atoms with Crippen molar-refractivity contribution in [2.24, 2.45) is 5.73 Å². The molecule has 21 heavy (non-hydrogen) atoms. The number of hydrogen-bond acceptors (Lipinski definition) is 4. The van der Waals surface area contributed by atoms with E-state index in [2.05, 4.69) is 20.2 Å². The van der Waals surface area contributed by atoms with Gasteiger partial charge in [-0.05, 0) is 24.1 Å². The Morgan fingerprint density at radius 3 is 3.05 bits per heavy atom.